The minimum absolute atomic E-state index is 0.0716. The molecular weight excluding hydrogens is 288 g/mol. The molecule has 0 amide bonds. The van der Waals surface area contributed by atoms with Crippen molar-refractivity contribution >= 4 is 21.6 Å². The summed E-state index contributed by atoms with van der Waals surface area (Å²) in [5.41, 5.74) is 5.59. The molecule has 3 N–H and O–H groups in total. The number of ether oxygens (including phenoxy) is 1. The van der Waals surface area contributed by atoms with E-state index in [2.05, 4.69) is 4.72 Å². The number of nitrogens with one attached hydrogen (secondary N) is 1. The summed E-state index contributed by atoms with van der Waals surface area (Å²) < 4.78 is 32.0. The van der Waals surface area contributed by atoms with Crippen molar-refractivity contribution in [2.75, 3.05) is 13.7 Å². The number of hydrogen-bond donors (Lipinski definition) is 2. The second-order valence-corrected chi connectivity index (χ2v) is 7.01. The van der Waals surface area contributed by atoms with E-state index >= 15 is 0 Å². The molecular formula is C12H17ClN2O3S. The van der Waals surface area contributed by atoms with Gasteiger partial charge in [0.05, 0.1) is 7.11 Å². The van der Waals surface area contributed by atoms with Crippen molar-refractivity contribution in [3.63, 3.8) is 0 Å². The summed E-state index contributed by atoms with van der Waals surface area (Å²) in [4.78, 5) is 0.0716. The van der Waals surface area contributed by atoms with Crippen molar-refractivity contribution in [1.82, 2.24) is 4.72 Å². The number of hydrogen-bond acceptors (Lipinski definition) is 4. The lowest BCUT2D eigenvalue weighted by Crippen LogP contribution is -2.54. The van der Waals surface area contributed by atoms with E-state index in [1.807, 2.05) is 0 Å². The highest BCUT2D eigenvalue weighted by molar-refractivity contribution is 7.89. The molecule has 0 atom stereocenters. The third-order valence-electron chi connectivity index (χ3n) is 3.38. The van der Waals surface area contributed by atoms with E-state index in [9.17, 15) is 8.42 Å². The number of halogens is 1. The molecule has 0 aromatic heterocycles. The monoisotopic (exact) mass is 304 g/mol. The van der Waals surface area contributed by atoms with Crippen LogP contribution in [0.1, 0.15) is 19.3 Å². The fourth-order valence-corrected chi connectivity index (χ4v) is 3.44. The maximum atomic E-state index is 12.2. The summed E-state index contributed by atoms with van der Waals surface area (Å²) >= 11 is 5.81. The largest absolute Gasteiger partial charge is 0.495 e. The van der Waals surface area contributed by atoms with E-state index in [0.717, 1.165) is 19.3 Å². The highest BCUT2D eigenvalue weighted by Crippen LogP contribution is 2.30. The van der Waals surface area contributed by atoms with Gasteiger partial charge in [0.1, 0.15) is 10.6 Å². The molecule has 1 aliphatic rings. The molecule has 1 aromatic rings. The molecule has 0 unspecified atom stereocenters. The number of methoxy groups -OCH3 is 1. The van der Waals surface area contributed by atoms with Gasteiger partial charge < -0.3 is 10.5 Å². The van der Waals surface area contributed by atoms with Gasteiger partial charge in [-0.15, -0.1) is 0 Å². The van der Waals surface area contributed by atoms with E-state index in [1.54, 1.807) is 0 Å². The highest BCUT2D eigenvalue weighted by atomic mass is 35.5. The summed E-state index contributed by atoms with van der Waals surface area (Å²) in [5.74, 6) is 0.222. The van der Waals surface area contributed by atoms with Crippen LogP contribution in [0, 0.1) is 0 Å². The molecule has 0 heterocycles. The molecule has 1 aliphatic carbocycles. The zero-order chi connectivity index (χ0) is 14.1. The molecule has 2 rings (SSSR count). The average Bonchev–Trinajstić information content (AvgIpc) is 2.33. The molecule has 7 heteroatoms. The number of rotatable bonds is 5. The van der Waals surface area contributed by atoms with E-state index in [0.29, 0.717) is 5.02 Å². The van der Waals surface area contributed by atoms with E-state index in [1.165, 1.54) is 25.3 Å². The van der Waals surface area contributed by atoms with Crippen LogP contribution >= 0.6 is 11.6 Å². The Morgan fingerprint density at radius 3 is 2.68 bits per heavy atom. The van der Waals surface area contributed by atoms with Crippen molar-refractivity contribution in [1.29, 1.82) is 0 Å². The van der Waals surface area contributed by atoms with Gasteiger partial charge in [0, 0.05) is 23.2 Å². The van der Waals surface area contributed by atoms with Crippen LogP contribution in [0.15, 0.2) is 23.1 Å². The van der Waals surface area contributed by atoms with Gasteiger partial charge in [-0.1, -0.05) is 11.6 Å². The second kappa shape index (κ2) is 5.28. The first kappa shape index (κ1) is 14.6. The van der Waals surface area contributed by atoms with Crippen molar-refractivity contribution in [2.24, 2.45) is 5.73 Å². The SMILES string of the molecule is COc1cc(Cl)ccc1S(=O)(=O)NCC1(N)CCC1. The Hall–Kier alpha value is -0.820. The number of benzene rings is 1. The Morgan fingerprint density at radius 2 is 2.16 bits per heavy atom. The molecule has 0 aliphatic heterocycles. The van der Waals surface area contributed by atoms with Crippen molar-refractivity contribution in [2.45, 2.75) is 29.7 Å². The standard InChI is InChI=1S/C12H17ClN2O3S/c1-18-10-7-9(13)3-4-11(10)19(16,17)15-8-12(14)5-2-6-12/h3-4,7,15H,2,5-6,8,14H2,1H3. The van der Waals surface area contributed by atoms with Gasteiger partial charge in [-0.25, -0.2) is 13.1 Å². The first-order valence-corrected chi connectivity index (χ1v) is 7.84. The summed E-state index contributed by atoms with van der Waals surface area (Å²) in [6.07, 6.45) is 2.73. The molecule has 0 radical (unpaired) electrons. The Bertz CT molecular complexity index is 570. The van der Waals surface area contributed by atoms with E-state index in [4.69, 9.17) is 22.1 Å². The van der Waals surface area contributed by atoms with Crippen LogP contribution in [-0.2, 0) is 10.0 Å². The maximum absolute atomic E-state index is 12.2. The van der Waals surface area contributed by atoms with Gasteiger partial charge in [0.15, 0.2) is 0 Å². The van der Waals surface area contributed by atoms with Gasteiger partial charge in [0.2, 0.25) is 10.0 Å². The molecule has 19 heavy (non-hydrogen) atoms. The molecule has 1 aromatic carbocycles. The summed E-state index contributed by atoms with van der Waals surface area (Å²) in [7, 11) is -2.24. The zero-order valence-corrected chi connectivity index (χ0v) is 12.2. The average molecular weight is 305 g/mol. The first-order chi connectivity index (χ1) is 8.86. The van der Waals surface area contributed by atoms with E-state index in [-0.39, 0.29) is 17.2 Å². The third-order valence-corrected chi connectivity index (χ3v) is 5.05. The minimum atomic E-state index is -3.64. The summed E-state index contributed by atoms with van der Waals surface area (Å²) in [5, 5.41) is 0.421. The molecule has 106 valence electrons. The van der Waals surface area contributed by atoms with Crippen LogP contribution in [0.5, 0.6) is 5.75 Å². The van der Waals surface area contributed by atoms with Crippen LogP contribution in [0.2, 0.25) is 5.02 Å². The van der Waals surface area contributed by atoms with E-state index < -0.39 is 15.6 Å². The van der Waals surface area contributed by atoms with Crippen LogP contribution in [0.3, 0.4) is 0 Å². The predicted molar refractivity (Wildman–Crippen MR) is 74.0 cm³/mol. The fourth-order valence-electron chi connectivity index (χ4n) is 1.99. The Balaban J connectivity index is 2.19. The first-order valence-electron chi connectivity index (χ1n) is 5.98. The fraction of sp³-hybridized carbons (Fsp3) is 0.500. The van der Waals surface area contributed by atoms with Crippen LogP contribution in [0.4, 0.5) is 0 Å². The Labute approximate surface area is 118 Å². The summed E-state index contributed by atoms with van der Waals surface area (Å²) in [6, 6.07) is 4.41. The van der Waals surface area contributed by atoms with Gasteiger partial charge >= 0.3 is 0 Å². The second-order valence-electron chi connectivity index (χ2n) is 4.84. The highest BCUT2D eigenvalue weighted by Gasteiger charge is 2.34. The van der Waals surface area contributed by atoms with Gasteiger partial charge in [-0.3, -0.25) is 0 Å². The minimum Gasteiger partial charge on any atom is -0.495 e. The third kappa shape index (κ3) is 3.20. The van der Waals surface area contributed by atoms with Crippen LogP contribution < -0.4 is 15.2 Å². The van der Waals surface area contributed by atoms with Crippen LogP contribution in [0.25, 0.3) is 0 Å². The lowest BCUT2D eigenvalue weighted by Gasteiger charge is -2.38. The van der Waals surface area contributed by atoms with Crippen molar-refractivity contribution in [3.8, 4) is 5.75 Å². The molecule has 0 spiro atoms. The predicted octanol–water partition coefficient (Wildman–Crippen LogP) is 1.51. The smallest absolute Gasteiger partial charge is 0.244 e. The topological polar surface area (TPSA) is 81.4 Å². The van der Waals surface area contributed by atoms with Gasteiger partial charge in [-0.05, 0) is 31.4 Å². The molecule has 5 nitrogen and oxygen atoms in total. The molecule has 0 saturated heterocycles. The van der Waals surface area contributed by atoms with Gasteiger partial charge in [-0.2, -0.15) is 0 Å². The lowest BCUT2D eigenvalue weighted by atomic mass is 9.78. The van der Waals surface area contributed by atoms with Gasteiger partial charge in [0.25, 0.3) is 0 Å². The maximum Gasteiger partial charge on any atom is 0.244 e. The molecule has 0 bridgehead atoms. The Morgan fingerprint density at radius 1 is 1.47 bits per heavy atom. The van der Waals surface area contributed by atoms with Crippen molar-refractivity contribution < 1.29 is 13.2 Å². The molecule has 1 fully saturated rings. The number of sulfonamides is 1. The van der Waals surface area contributed by atoms with Crippen molar-refractivity contribution in [3.05, 3.63) is 23.2 Å². The normalized spacial score (nSPS) is 17.8. The quantitative estimate of drug-likeness (QED) is 0.864. The lowest BCUT2D eigenvalue weighted by molar-refractivity contribution is 0.251. The zero-order valence-electron chi connectivity index (χ0n) is 10.6. The summed E-state index contributed by atoms with van der Waals surface area (Å²) in [6.45, 7) is 0.237. The molecule has 1 saturated carbocycles. The Kier molecular flexibility index (Phi) is 4.06. The number of nitrogens with two attached hydrogens (primary N) is 1. The van der Waals surface area contributed by atoms with Crippen LogP contribution in [-0.4, -0.2) is 27.6 Å².